The van der Waals surface area contributed by atoms with Gasteiger partial charge in [-0.2, -0.15) is 0 Å². The minimum Gasteiger partial charge on any atom is -0.376 e. The van der Waals surface area contributed by atoms with E-state index in [9.17, 15) is 13.2 Å². The van der Waals surface area contributed by atoms with Gasteiger partial charge >= 0.3 is 0 Å². The van der Waals surface area contributed by atoms with Gasteiger partial charge < -0.3 is 5.32 Å². The molecular weight excluding hydrogens is 331 g/mol. The van der Waals surface area contributed by atoms with Gasteiger partial charge in [0.15, 0.2) is 0 Å². The van der Waals surface area contributed by atoms with Crippen LogP contribution in [-0.2, 0) is 6.42 Å². The summed E-state index contributed by atoms with van der Waals surface area (Å²) in [6.07, 6.45) is 1.30. The minimum atomic E-state index is -0.657. The zero-order valence-electron chi connectivity index (χ0n) is 10.4. The van der Waals surface area contributed by atoms with E-state index in [4.69, 9.17) is 0 Å². The third-order valence-electron chi connectivity index (χ3n) is 3.55. The largest absolute Gasteiger partial charge is 0.376 e. The third kappa shape index (κ3) is 2.30. The zero-order chi connectivity index (χ0) is 14.3. The van der Waals surface area contributed by atoms with Crippen LogP contribution in [0.25, 0.3) is 0 Å². The van der Waals surface area contributed by atoms with Crippen molar-refractivity contribution in [2.24, 2.45) is 0 Å². The Morgan fingerprint density at radius 1 is 1.05 bits per heavy atom. The highest BCUT2D eigenvalue weighted by Crippen LogP contribution is 2.36. The van der Waals surface area contributed by atoms with Gasteiger partial charge in [-0.1, -0.05) is 12.1 Å². The van der Waals surface area contributed by atoms with Gasteiger partial charge in [0.25, 0.3) is 0 Å². The highest BCUT2D eigenvalue weighted by Gasteiger charge is 2.25. The number of rotatable bonds is 2. The normalized spacial score (nSPS) is 17.1. The van der Waals surface area contributed by atoms with E-state index in [-0.39, 0.29) is 22.0 Å². The van der Waals surface area contributed by atoms with E-state index in [0.717, 1.165) is 11.6 Å². The maximum atomic E-state index is 13.7. The predicted octanol–water partition coefficient (Wildman–Crippen LogP) is 4.97. The van der Waals surface area contributed by atoms with Crippen LogP contribution >= 0.6 is 15.9 Å². The molecule has 0 aliphatic heterocycles. The van der Waals surface area contributed by atoms with E-state index in [1.807, 2.05) is 6.07 Å². The Labute approximate surface area is 122 Å². The first kappa shape index (κ1) is 13.5. The smallest absolute Gasteiger partial charge is 0.149 e. The van der Waals surface area contributed by atoms with Crippen molar-refractivity contribution in [1.29, 1.82) is 0 Å². The molecule has 0 aromatic heterocycles. The molecule has 0 fully saturated rings. The van der Waals surface area contributed by atoms with Crippen molar-refractivity contribution in [2.75, 3.05) is 5.32 Å². The molecule has 1 atom stereocenters. The van der Waals surface area contributed by atoms with Crippen LogP contribution in [0.4, 0.5) is 18.9 Å². The first-order chi connectivity index (χ1) is 9.56. The lowest BCUT2D eigenvalue weighted by molar-refractivity contribution is 0.578. The Balaban J connectivity index is 1.91. The summed E-state index contributed by atoms with van der Waals surface area (Å²) in [5.41, 5.74) is 1.72. The van der Waals surface area contributed by atoms with E-state index in [2.05, 4.69) is 21.2 Å². The maximum absolute atomic E-state index is 13.7. The number of halogens is 4. The number of hydrogen-bond donors (Lipinski definition) is 1. The molecule has 2 aromatic carbocycles. The van der Waals surface area contributed by atoms with Gasteiger partial charge in [-0.05, 0) is 52.0 Å². The minimum absolute atomic E-state index is 0.160. The second kappa shape index (κ2) is 5.13. The molecule has 5 heteroatoms. The molecule has 3 rings (SSSR count). The Hall–Kier alpha value is -1.49. The van der Waals surface area contributed by atoms with E-state index in [1.165, 1.54) is 12.1 Å². The lowest BCUT2D eigenvalue weighted by Crippen LogP contribution is -2.09. The van der Waals surface area contributed by atoms with Gasteiger partial charge in [-0.15, -0.1) is 0 Å². The fourth-order valence-corrected chi connectivity index (χ4v) is 2.92. The average Bonchev–Trinajstić information content (AvgIpc) is 2.81. The fourth-order valence-electron chi connectivity index (χ4n) is 2.58. The molecule has 1 unspecified atom stereocenters. The lowest BCUT2D eigenvalue weighted by atomic mass is 10.1. The van der Waals surface area contributed by atoms with Crippen molar-refractivity contribution in [3.05, 3.63) is 63.4 Å². The zero-order valence-corrected chi connectivity index (χ0v) is 12.0. The maximum Gasteiger partial charge on any atom is 0.149 e. The second-order valence-electron chi connectivity index (χ2n) is 4.79. The Kier molecular flexibility index (Phi) is 3.46. The van der Waals surface area contributed by atoms with Crippen molar-refractivity contribution >= 4 is 21.6 Å². The highest BCUT2D eigenvalue weighted by atomic mass is 79.9. The summed E-state index contributed by atoms with van der Waals surface area (Å²) in [4.78, 5) is 0. The van der Waals surface area contributed by atoms with Crippen LogP contribution in [0, 0.1) is 17.5 Å². The number of anilines is 1. The SMILES string of the molecule is Fc1cc(F)c(NC2CCc3c(F)cccc32)cc1Br. The van der Waals surface area contributed by atoms with Crippen molar-refractivity contribution < 1.29 is 13.2 Å². The summed E-state index contributed by atoms with van der Waals surface area (Å²) in [6.45, 7) is 0. The summed E-state index contributed by atoms with van der Waals surface area (Å²) in [7, 11) is 0. The monoisotopic (exact) mass is 341 g/mol. The van der Waals surface area contributed by atoms with Crippen molar-refractivity contribution in [1.82, 2.24) is 0 Å². The van der Waals surface area contributed by atoms with E-state index < -0.39 is 11.6 Å². The Morgan fingerprint density at radius 3 is 2.65 bits per heavy atom. The lowest BCUT2D eigenvalue weighted by Gasteiger charge is -2.16. The van der Waals surface area contributed by atoms with Gasteiger partial charge in [0.1, 0.15) is 17.5 Å². The molecule has 20 heavy (non-hydrogen) atoms. The number of hydrogen-bond acceptors (Lipinski definition) is 1. The molecule has 1 nitrogen and oxygen atoms in total. The summed E-state index contributed by atoms with van der Waals surface area (Å²) in [5.74, 6) is -1.53. The van der Waals surface area contributed by atoms with Crippen LogP contribution in [-0.4, -0.2) is 0 Å². The molecule has 0 amide bonds. The topological polar surface area (TPSA) is 12.0 Å². The van der Waals surface area contributed by atoms with Crippen LogP contribution in [0.3, 0.4) is 0 Å². The highest BCUT2D eigenvalue weighted by molar-refractivity contribution is 9.10. The number of nitrogens with one attached hydrogen (secondary N) is 1. The molecule has 1 N–H and O–H groups in total. The Morgan fingerprint density at radius 2 is 1.85 bits per heavy atom. The molecule has 2 aromatic rings. The standard InChI is InChI=1S/C15H11BrF3N/c16-10-6-15(13(19)7-12(10)18)20-14-5-4-8-9(14)2-1-3-11(8)17/h1-3,6-7,14,20H,4-5H2. The first-order valence-electron chi connectivity index (χ1n) is 6.24. The molecule has 1 aliphatic rings. The quantitative estimate of drug-likeness (QED) is 0.760. The van der Waals surface area contributed by atoms with Crippen molar-refractivity contribution in [3.8, 4) is 0 Å². The molecule has 1 aliphatic carbocycles. The average molecular weight is 342 g/mol. The van der Waals surface area contributed by atoms with Crippen molar-refractivity contribution in [3.63, 3.8) is 0 Å². The summed E-state index contributed by atoms with van der Waals surface area (Å²) in [6, 6.07) is 6.93. The number of fused-ring (bicyclic) bond motifs is 1. The number of benzene rings is 2. The van der Waals surface area contributed by atoms with Crippen LogP contribution in [0.1, 0.15) is 23.6 Å². The fraction of sp³-hybridized carbons (Fsp3) is 0.200. The molecule has 0 saturated heterocycles. The van der Waals surface area contributed by atoms with Gasteiger partial charge in [-0.3, -0.25) is 0 Å². The Bertz CT molecular complexity index is 672. The predicted molar refractivity (Wildman–Crippen MR) is 75.1 cm³/mol. The van der Waals surface area contributed by atoms with Crippen LogP contribution in [0.15, 0.2) is 34.8 Å². The molecule has 0 spiro atoms. The van der Waals surface area contributed by atoms with E-state index in [1.54, 1.807) is 6.07 Å². The summed E-state index contributed by atoms with van der Waals surface area (Å²) < 4.78 is 40.8. The second-order valence-corrected chi connectivity index (χ2v) is 5.64. The van der Waals surface area contributed by atoms with Gasteiger partial charge in [-0.25, -0.2) is 13.2 Å². The molecule has 0 saturated carbocycles. The van der Waals surface area contributed by atoms with Crippen LogP contribution < -0.4 is 5.32 Å². The molecule has 104 valence electrons. The molecule has 0 radical (unpaired) electrons. The van der Waals surface area contributed by atoms with Crippen LogP contribution in [0.5, 0.6) is 0 Å². The van der Waals surface area contributed by atoms with Crippen molar-refractivity contribution in [2.45, 2.75) is 18.9 Å². The van der Waals surface area contributed by atoms with E-state index in [0.29, 0.717) is 18.4 Å². The summed E-state index contributed by atoms with van der Waals surface area (Å²) in [5, 5.41) is 3.02. The van der Waals surface area contributed by atoms with E-state index >= 15 is 0 Å². The van der Waals surface area contributed by atoms with Gasteiger partial charge in [0.2, 0.25) is 0 Å². The van der Waals surface area contributed by atoms with Crippen LogP contribution in [0.2, 0.25) is 0 Å². The molecule has 0 heterocycles. The van der Waals surface area contributed by atoms with Gasteiger partial charge in [0, 0.05) is 6.07 Å². The first-order valence-corrected chi connectivity index (χ1v) is 7.04. The third-order valence-corrected chi connectivity index (χ3v) is 4.16. The summed E-state index contributed by atoms with van der Waals surface area (Å²) >= 11 is 3.03. The van der Waals surface area contributed by atoms with Gasteiger partial charge in [0.05, 0.1) is 16.2 Å². The molecule has 0 bridgehead atoms. The molecular formula is C15H11BrF3N.